The van der Waals surface area contributed by atoms with E-state index in [2.05, 4.69) is 18.5 Å². The second-order valence-corrected chi connectivity index (χ2v) is 2.15. The molecular weight excluding hydrogens is 122 g/mol. The highest BCUT2D eigenvalue weighted by atomic mass is 14.7. The average Bonchev–Trinajstić information content (AvgIpc) is 1.98. The number of hydrogen-bond acceptors (Lipinski definition) is 1. The van der Waals surface area contributed by atoms with Gasteiger partial charge in [0.2, 0.25) is 0 Å². The minimum Gasteiger partial charge on any atom is -0.262 e. The Kier molecular flexibility index (Phi) is 4.55. The van der Waals surface area contributed by atoms with E-state index in [1.165, 1.54) is 0 Å². The molecule has 0 N–H and O–H groups in total. The van der Waals surface area contributed by atoms with Crippen molar-refractivity contribution in [1.29, 1.82) is 0 Å². The molecule has 0 bridgehead atoms. The van der Waals surface area contributed by atoms with Gasteiger partial charge in [0, 0.05) is 11.9 Å². The Hall–Kier alpha value is -0.850. The molecule has 0 unspecified atom stereocenters. The van der Waals surface area contributed by atoms with E-state index in [9.17, 15) is 0 Å². The van der Waals surface area contributed by atoms with Crippen molar-refractivity contribution in [2.75, 3.05) is 0 Å². The maximum atomic E-state index is 4.15. The number of aliphatic imine (C=N–C) groups is 1. The van der Waals surface area contributed by atoms with E-state index in [4.69, 9.17) is 0 Å². The molecule has 0 aliphatic carbocycles. The fourth-order valence-corrected chi connectivity index (χ4v) is 0.533. The SMILES string of the molecule is C=C(CC)C(C)=N/C=C\C. The molecule has 0 spiro atoms. The molecule has 0 heterocycles. The standard InChI is InChI=1S/C9H15N/c1-5-7-10-9(4)8(3)6-2/h5,7H,3,6H2,1-2,4H3/b7-5-,10-9?. The Morgan fingerprint density at radius 2 is 2.20 bits per heavy atom. The molecule has 0 aromatic rings. The summed E-state index contributed by atoms with van der Waals surface area (Å²) in [6.45, 7) is 9.87. The van der Waals surface area contributed by atoms with Gasteiger partial charge in [-0.05, 0) is 25.8 Å². The normalized spacial score (nSPS) is 12.5. The zero-order chi connectivity index (χ0) is 7.98. The number of allylic oxidation sites excluding steroid dienone is 2. The van der Waals surface area contributed by atoms with Gasteiger partial charge in [-0.15, -0.1) is 0 Å². The lowest BCUT2D eigenvalue weighted by Gasteiger charge is -1.97. The Labute approximate surface area is 63.2 Å². The first-order valence-corrected chi connectivity index (χ1v) is 3.56. The highest BCUT2D eigenvalue weighted by Gasteiger charge is 1.91. The van der Waals surface area contributed by atoms with Gasteiger partial charge < -0.3 is 0 Å². The van der Waals surface area contributed by atoms with Crippen molar-refractivity contribution in [2.24, 2.45) is 4.99 Å². The summed E-state index contributed by atoms with van der Waals surface area (Å²) in [5.74, 6) is 0. The molecule has 1 heteroatoms. The van der Waals surface area contributed by atoms with Crippen LogP contribution in [-0.4, -0.2) is 5.71 Å². The maximum Gasteiger partial charge on any atom is 0.0398 e. The predicted octanol–water partition coefficient (Wildman–Crippen LogP) is 2.95. The first kappa shape index (κ1) is 9.15. The largest absolute Gasteiger partial charge is 0.262 e. The van der Waals surface area contributed by atoms with E-state index in [1.807, 2.05) is 19.9 Å². The molecule has 0 aromatic carbocycles. The smallest absolute Gasteiger partial charge is 0.0398 e. The van der Waals surface area contributed by atoms with E-state index >= 15 is 0 Å². The molecule has 1 nitrogen and oxygen atoms in total. The molecule has 0 saturated heterocycles. The van der Waals surface area contributed by atoms with Gasteiger partial charge in [0.25, 0.3) is 0 Å². The third-order valence-electron chi connectivity index (χ3n) is 1.36. The molecule has 0 fully saturated rings. The van der Waals surface area contributed by atoms with Crippen LogP contribution in [0.15, 0.2) is 29.4 Å². The van der Waals surface area contributed by atoms with Gasteiger partial charge in [-0.3, -0.25) is 4.99 Å². The van der Waals surface area contributed by atoms with Gasteiger partial charge in [0.15, 0.2) is 0 Å². The zero-order valence-corrected chi connectivity index (χ0v) is 7.02. The van der Waals surface area contributed by atoms with Crippen LogP contribution in [0.25, 0.3) is 0 Å². The van der Waals surface area contributed by atoms with Crippen molar-refractivity contribution in [3.63, 3.8) is 0 Å². The van der Waals surface area contributed by atoms with Crippen LogP contribution >= 0.6 is 0 Å². The van der Waals surface area contributed by atoms with Crippen LogP contribution in [0.4, 0.5) is 0 Å². The predicted molar refractivity (Wildman–Crippen MR) is 47.4 cm³/mol. The van der Waals surface area contributed by atoms with E-state index in [0.717, 1.165) is 17.7 Å². The molecule has 0 amide bonds. The third kappa shape index (κ3) is 3.23. The molecular formula is C9H15N. The molecule has 0 saturated carbocycles. The summed E-state index contributed by atoms with van der Waals surface area (Å²) in [6, 6.07) is 0. The van der Waals surface area contributed by atoms with Crippen molar-refractivity contribution in [3.05, 3.63) is 24.4 Å². The van der Waals surface area contributed by atoms with E-state index in [1.54, 1.807) is 6.20 Å². The topological polar surface area (TPSA) is 12.4 Å². The summed E-state index contributed by atoms with van der Waals surface area (Å²) in [4.78, 5) is 4.15. The summed E-state index contributed by atoms with van der Waals surface area (Å²) < 4.78 is 0. The minimum absolute atomic E-state index is 0.979. The minimum atomic E-state index is 0.979. The second-order valence-electron chi connectivity index (χ2n) is 2.15. The van der Waals surface area contributed by atoms with Crippen LogP contribution in [0, 0.1) is 0 Å². The van der Waals surface area contributed by atoms with Crippen molar-refractivity contribution in [1.82, 2.24) is 0 Å². The highest BCUT2D eigenvalue weighted by Crippen LogP contribution is 1.99. The summed E-state index contributed by atoms with van der Waals surface area (Å²) in [5.41, 5.74) is 2.14. The lowest BCUT2D eigenvalue weighted by Crippen LogP contribution is -1.92. The summed E-state index contributed by atoms with van der Waals surface area (Å²) >= 11 is 0. The third-order valence-corrected chi connectivity index (χ3v) is 1.36. The van der Waals surface area contributed by atoms with E-state index < -0.39 is 0 Å². The first-order chi connectivity index (χ1) is 4.72. The van der Waals surface area contributed by atoms with Gasteiger partial charge in [0.05, 0.1) is 0 Å². The van der Waals surface area contributed by atoms with Crippen LogP contribution in [0.2, 0.25) is 0 Å². The second kappa shape index (κ2) is 4.98. The molecule has 0 aromatic heterocycles. The fraction of sp³-hybridized carbons (Fsp3) is 0.444. The number of hydrogen-bond donors (Lipinski definition) is 0. The number of nitrogens with zero attached hydrogens (tertiary/aromatic N) is 1. The van der Waals surface area contributed by atoms with Gasteiger partial charge in [-0.1, -0.05) is 19.6 Å². The maximum absolute atomic E-state index is 4.15. The number of rotatable bonds is 3. The van der Waals surface area contributed by atoms with Gasteiger partial charge in [-0.2, -0.15) is 0 Å². The van der Waals surface area contributed by atoms with Gasteiger partial charge in [0.1, 0.15) is 0 Å². The Bertz CT molecular complexity index is 164. The highest BCUT2D eigenvalue weighted by molar-refractivity contribution is 5.97. The molecule has 10 heavy (non-hydrogen) atoms. The zero-order valence-electron chi connectivity index (χ0n) is 7.02. The molecule has 0 aliphatic heterocycles. The lowest BCUT2D eigenvalue weighted by molar-refractivity contribution is 1.17. The molecule has 0 aliphatic rings. The Balaban J connectivity index is 4.05. The van der Waals surface area contributed by atoms with E-state index in [0.29, 0.717) is 0 Å². The van der Waals surface area contributed by atoms with Crippen LogP contribution in [0.1, 0.15) is 27.2 Å². The first-order valence-electron chi connectivity index (χ1n) is 3.56. The molecule has 56 valence electrons. The van der Waals surface area contributed by atoms with Crippen LogP contribution < -0.4 is 0 Å². The van der Waals surface area contributed by atoms with Crippen molar-refractivity contribution in [2.45, 2.75) is 27.2 Å². The van der Waals surface area contributed by atoms with Crippen LogP contribution in [0.5, 0.6) is 0 Å². The monoisotopic (exact) mass is 137 g/mol. The van der Waals surface area contributed by atoms with Gasteiger partial charge >= 0.3 is 0 Å². The quantitative estimate of drug-likeness (QED) is 0.530. The van der Waals surface area contributed by atoms with Crippen molar-refractivity contribution >= 4 is 5.71 Å². The van der Waals surface area contributed by atoms with Crippen molar-refractivity contribution in [3.8, 4) is 0 Å². The Morgan fingerprint density at radius 1 is 1.60 bits per heavy atom. The van der Waals surface area contributed by atoms with E-state index in [-0.39, 0.29) is 0 Å². The summed E-state index contributed by atoms with van der Waals surface area (Å²) in [7, 11) is 0. The van der Waals surface area contributed by atoms with Crippen LogP contribution in [-0.2, 0) is 0 Å². The molecule has 0 atom stereocenters. The molecule has 0 rings (SSSR count). The van der Waals surface area contributed by atoms with Crippen LogP contribution in [0.3, 0.4) is 0 Å². The average molecular weight is 137 g/mol. The lowest BCUT2D eigenvalue weighted by atomic mass is 10.1. The van der Waals surface area contributed by atoms with Gasteiger partial charge in [-0.25, -0.2) is 0 Å². The van der Waals surface area contributed by atoms with Crippen molar-refractivity contribution < 1.29 is 0 Å². The fourth-order valence-electron chi connectivity index (χ4n) is 0.533. The summed E-state index contributed by atoms with van der Waals surface area (Å²) in [6.07, 6.45) is 4.68. The Morgan fingerprint density at radius 3 is 2.60 bits per heavy atom. The summed E-state index contributed by atoms with van der Waals surface area (Å²) in [5, 5.41) is 0. The molecule has 0 radical (unpaired) electrons.